The van der Waals surface area contributed by atoms with Crippen molar-refractivity contribution in [3.63, 3.8) is 0 Å². The van der Waals surface area contributed by atoms with Crippen LogP contribution in [0.1, 0.15) is 5.56 Å². The van der Waals surface area contributed by atoms with E-state index in [1.807, 2.05) is 30.3 Å². The first-order valence-electron chi connectivity index (χ1n) is 3.72. The van der Waals surface area contributed by atoms with Gasteiger partial charge < -0.3 is 10.8 Å². The Morgan fingerprint density at radius 2 is 1.92 bits per heavy atom. The smallest absolute Gasteiger partial charge is 0.320 e. The quantitative estimate of drug-likeness (QED) is 0.779. The molecule has 3 nitrogen and oxygen atoms in total. The third-order valence-electron chi connectivity index (χ3n) is 1.62. The van der Waals surface area contributed by atoms with Crippen LogP contribution in [0, 0.1) is 0 Å². The number of carboxylic acid groups (broad SMARTS) is 1. The number of nitrogens with two attached hydrogens (primary N) is 1. The minimum atomic E-state index is -0.959. The first-order valence-corrected chi connectivity index (χ1v) is 3.72. The molecule has 0 amide bonds. The predicted molar refractivity (Wildman–Crippen MR) is 45.8 cm³/mol. The fourth-order valence-corrected chi connectivity index (χ4v) is 0.955. The minimum absolute atomic E-state index is 0. The van der Waals surface area contributed by atoms with Crippen LogP contribution in [0.2, 0.25) is 0 Å². The molecule has 0 saturated carbocycles. The van der Waals surface area contributed by atoms with Gasteiger partial charge in [0.25, 0.3) is 0 Å². The molecule has 0 aliphatic heterocycles. The normalized spacial score (nSPS) is 11.5. The van der Waals surface area contributed by atoms with Crippen LogP contribution >= 0.6 is 0 Å². The van der Waals surface area contributed by atoms with E-state index in [-0.39, 0.29) is 18.6 Å². The molecule has 4 heteroatoms. The third-order valence-corrected chi connectivity index (χ3v) is 1.62. The predicted octanol–water partition coefficient (Wildman–Crippen LogP) is 0.639. The topological polar surface area (TPSA) is 63.3 Å². The maximum atomic E-state index is 10.4. The second kappa shape index (κ2) is 5.81. The van der Waals surface area contributed by atoms with Crippen molar-refractivity contribution in [3.8, 4) is 0 Å². The van der Waals surface area contributed by atoms with Crippen molar-refractivity contribution < 1.29 is 28.5 Å². The van der Waals surface area contributed by atoms with Crippen LogP contribution in [-0.4, -0.2) is 17.1 Å². The summed E-state index contributed by atoms with van der Waals surface area (Å²) in [7, 11) is 0. The van der Waals surface area contributed by atoms with Crippen molar-refractivity contribution in [3.05, 3.63) is 35.9 Å². The van der Waals surface area contributed by atoms with E-state index in [9.17, 15) is 4.79 Å². The monoisotopic (exact) mass is 216 g/mol. The van der Waals surface area contributed by atoms with Crippen LogP contribution < -0.4 is 5.73 Å². The zero-order valence-electron chi connectivity index (χ0n) is 7.05. The van der Waals surface area contributed by atoms with Crippen molar-refractivity contribution in [2.45, 2.75) is 12.5 Å². The van der Waals surface area contributed by atoms with Gasteiger partial charge in [0.2, 0.25) is 0 Å². The van der Waals surface area contributed by atoms with Gasteiger partial charge in [-0.1, -0.05) is 30.3 Å². The number of carbonyl (C=O) groups is 1. The van der Waals surface area contributed by atoms with Crippen molar-refractivity contribution in [2.75, 3.05) is 0 Å². The maximum absolute atomic E-state index is 10.4. The second-order valence-electron chi connectivity index (χ2n) is 2.63. The van der Waals surface area contributed by atoms with E-state index >= 15 is 0 Å². The van der Waals surface area contributed by atoms with E-state index in [0.717, 1.165) is 5.56 Å². The second-order valence-corrected chi connectivity index (χ2v) is 2.63. The summed E-state index contributed by atoms with van der Waals surface area (Å²) < 4.78 is 0. The van der Waals surface area contributed by atoms with Gasteiger partial charge in [0.15, 0.2) is 0 Å². The van der Waals surface area contributed by atoms with E-state index in [4.69, 9.17) is 10.8 Å². The molecule has 1 aromatic carbocycles. The van der Waals surface area contributed by atoms with Crippen LogP contribution in [0.25, 0.3) is 0 Å². The molecule has 1 unspecified atom stereocenters. The summed E-state index contributed by atoms with van der Waals surface area (Å²) in [4.78, 5) is 10.4. The molecular formula is C9H11NO2V. The number of aliphatic carboxylic acids is 1. The van der Waals surface area contributed by atoms with E-state index in [1.165, 1.54) is 0 Å². The molecule has 0 saturated heterocycles. The van der Waals surface area contributed by atoms with Gasteiger partial charge in [0.05, 0.1) is 0 Å². The van der Waals surface area contributed by atoms with E-state index < -0.39 is 12.0 Å². The maximum Gasteiger partial charge on any atom is 0.320 e. The van der Waals surface area contributed by atoms with Crippen molar-refractivity contribution in [2.24, 2.45) is 5.73 Å². The summed E-state index contributed by atoms with van der Waals surface area (Å²) in [6, 6.07) is 8.54. The Kier molecular flexibility index (Phi) is 5.47. The Morgan fingerprint density at radius 1 is 1.38 bits per heavy atom. The zero-order chi connectivity index (χ0) is 8.97. The fraction of sp³-hybridized carbons (Fsp3) is 0.222. The standard InChI is InChI=1S/C9H11NO2.V/c10-8(9(11)12)6-7-4-2-1-3-5-7;/h1-5,8H,6,10H2,(H,11,12);. The van der Waals surface area contributed by atoms with Gasteiger partial charge in [-0.2, -0.15) is 0 Å². The van der Waals surface area contributed by atoms with Gasteiger partial charge in [-0.15, -0.1) is 0 Å². The van der Waals surface area contributed by atoms with Crippen LogP contribution in [0.3, 0.4) is 0 Å². The van der Waals surface area contributed by atoms with E-state index in [0.29, 0.717) is 6.42 Å². The fourth-order valence-electron chi connectivity index (χ4n) is 0.955. The van der Waals surface area contributed by atoms with Crippen LogP contribution in [0.15, 0.2) is 30.3 Å². The van der Waals surface area contributed by atoms with Crippen molar-refractivity contribution in [1.29, 1.82) is 0 Å². The van der Waals surface area contributed by atoms with Crippen LogP contribution in [-0.2, 0) is 29.8 Å². The minimum Gasteiger partial charge on any atom is -0.480 e. The number of benzene rings is 1. The summed E-state index contributed by atoms with van der Waals surface area (Å²) in [6.45, 7) is 0. The van der Waals surface area contributed by atoms with Crippen LogP contribution in [0.5, 0.6) is 0 Å². The molecule has 0 fully saturated rings. The Bertz CT molecular complexity index is 264. The molecule has 13 heavy (non-hydrogen) atoms. The Morgan fingerprint density at radius 3 is 2.38 bits per heavy atom. The first-order chi connectivity index (χ1) is 5.70. The summed E-state index contributed by atoms with van der Waals surface area (Å²) in [5.41, 5.74) is 6.30. The summed E-state index contributed by atoms with van der Waals surface area (Å²) in [5, 5.41) is 8.52. The van der Waals surface area contributed by atoms with Gasteiger partial charge in [-0.05, 0) is 12.0 Å². The molecular weight excluding hydrogens is 205 g/mol. The molecule has 0 bridgehead atoms. The van der Waals surface area contributed by atoms with Gasteiger partial charge in [-0.3, -0.25) is 4.79 Å². The molecule has 0 heterocycles. The average Bonchev–Trinajstić information content (AvgIpc) is 2.06. The molecule has 1 rings (SSSR count). The van der Waals surface area contributed by atoms with E-state index in [2.05, 4.69) is 0 Å². The summed E-state index contributed by atoms with van der Waals surface area (Å²) in [5.74, 6) is -0.959. The molecule has 0 aromatic heterocycles. The van der Waals surface area contributed by atoms with Gasteiger partial charge in [-0.25, -0.2) is 0 Å². The number of rotatable bonds is 3. The Hall–Kier alpha value is -0.766. The molecule has 1 radical (unpaired) electrons. The Balaban J connectivity index is 0.00000144. The largest absolute Gasteiger partial charge is 0.480 e. The number of carboxylic acids is 1. The van der Waals surface area contributed by atoms with Gasteiger partial charge >= 0.3 is 5.97 Å². The van der Waals surface area contributed by atoms with Gasteiger partial charge in [0.1, 0.15) is 6.04 Å². The Labute approximate surface area is 88.8 Å². The molecule has 1 aromatic rings. The molecule has 69 valence electrons. The molecule has 0 spiro atoms. The van der Waals surface area contributed by atoms with E-state index in [1.54, 1.807) is 0 Å². The molecule has 0 aliphatic carbocycles. The first kappa shape index (κ1) is 12.2. The summed E-state index contributed by atoms with van der Waals surface area (Å²) >= 11 is 0. The number of hydrogen-bond acceptors (Lipinski definition) is 2. The van der Waals surface area contributed by atoms with Crippen molar-refractivity contribution >= 4 is 5.97 Å². The van der Waals surface area contributed by atoms with Gasteiger partial charge in [0, 0.05) is 18.6 Å². The average molecular weight is 216 g/mol. The number of hydrogen-bond donors (Lipinski definition) is 2. The third kappa shape index (κ3) is 4.13. The molecule has 0 aliphatic rings. The molecule has 1 atom stereocenters. The van der Waals surface area contributed by atoms with Crippen molar-refractivity contribution in [1.82, 2.24) is 0 Å². The SMILES string of the molecule is NC(Cc1ccccc1)C(=O)O.[V]. The molecule has 3 N–H and O–H groups in total. The zero-order valence-corrected chi connectivity index (χ0v) is 8.45. The summed E-state index contributed by atoms with van der Waals surface area (Å²) in [6.07, 6.45) is 0.385. The van der Waals surface area contributed by atoms with Crippen LogP contribution in [0.4, 0.5) is 0 Å².